The standard InChI is InChI=1S/C25H29ClFN5O5S/c26-21-12-19(3-6-22(21)27)30-16-36-24-13-23-17(14-28-15-29-23)11-25(24)37-20-4-1-18(2-5-20)31-38(33,34)32-7-9-35-10-8-32/h3,6,11-15,18,20,30-31H,1-2,4-5,7-10,16H2. The molecule has 10 nitrogen and oxygen atoms in total. The lowest BCUT2D eigenvalue weighted by atomic mass is 9.93. The number of halogens is 2. The Kier molecular flexibility index (Phi) is 8.44. The quantitative estimate of drug-likeness (QED) is 0.377. The van der Waals surface area contributed by atoms with E-state index in [1.54, 1.807) is 18.3 Å². The zero-order valence-corrected chi connectivity index (χ0v) is 22.2. The topological polar surface area (TPSA) is 115 Å². The molecule has 0 unspecified atom stereocenters. The minimum absolute atomic E-state index is 0.0178. The molecule has 1 aliphatic heterocycles. The second-order valence-corrected chi connectivity index (χ2v) is 11.3. The number of ether oxygens (including phenoxy) is 3. The van der Waals surface area contributed by atoms with Crippen molar-refractivity contribution in [1.82, 2.24) is 19.0 Å². The Bertz CT molecular complexity index is 1370. The van der Waals surface area contributed by atoms with Crippen LogP contribution in [0.1, 0.15) is 25.7 Å². The molecule has 0 spiro atoms. The lowest BCUT2D eigenvalue weighted by Crippen LogP contribution is -2.50. The van der Waals surface area contributed by atoms with Gasteiger partial charge in [-0.1, -0.05) is 11.6 Å². The van der Waals surface area contributed by atoms with Crippen molar-refractivity contribution in [1.29, 1.82) is 0 Å². The van der Waals surface area contributed by atoms with Crippen LogP contribution in [-0.4, -0.2) is 67.9 Å². The minimum Gasteiger partial charge on any atom is -0.487 e. The van der Waals surface area contributed by atoms with Crippen LogP contribution in [0.4, 0.5) is 10.1 Å². The fourth-order valence-corrected chi connectivity index (χ4v) is 6.16. The van der Waals surface area contributed by atoms with Crippen molar-refractivity contribution in [3.8, 4) is 11.5 Å². The Hall–Kier alpha value is -2.77. The number of aromatic nitrogens is 2. The third-order valence-corrected chi connectivity index (χ3v) is 8.55. The molecule has 1 saturated carbocycles. The molecule has 2 N–H and O–H groups in total. The van der Waals surface area contributed by atoms with Crippen molar-refractivity contribution in [3.05, 3.63) is 53.7 Å². The second kappa shape index (κ2) is 12.0. The number of anilines is 1. The summed E-state index contributed by atoms with van der Waals surface area (Å²) in [5.74, 6) is 0.544. The van der Waals surface area contributed by atoms with Gasteiger partial charge in [0.2, 0.25) is 0 Å². The summed E-state index contributed by atoms with van der Waals surface area (Å²) in [6.45, 7) is 1.65. The zero-order chi connectivity index (χ0) is 26.5. The van der Waals surface area contributed by atoms with Crippen molar-refractivity contribution in [2.24, 2.45) is 0 Å². The zero-order valence-electron chi connectivity index (χ0n) is 20.6. The second-order valence-electron chi connectivity index (χ2n) is 9.20. The summed E-state index contributed by atoms with van der Waals surface area (Å²) in [7, 11) is -3.54. The van der Waals surface area contributed by atoms with E-state index in [0.717, 1.165) is 5.39 Å². The van der Waals surface area contributed by atoms with Gasteiger partial charge in [0.1, 0.15) is 12.1 Å². The van der Waals surface area contributed by atoms with Crippen LogP contribution in [0.2, 0.25) is 5.02 Å². The molecule has 2 heterocycles. The van der Waals surface area contributed by atoms with Crippen LogP contribution in [0.3, 0.4) is 0 Å². The van der Waals surface area contributed by atoms with E-state index in [1.165, 1.54) is 22.8 Å². The van der Waals surface area contributed by atoms with Crippen LogP contribution < -0.4 is 19.5 Å². The predicted molar refractivity (Wildman–Crippen MR) is 141 cm³/mol. The van der Waals surface area contributed by atoms with Crippen molar-refractivity contribution >= 4 is 38.4 Å². The van der Waals surface area contributed by atoms with Crippen LogP contribution in [0.5, 0.6) is 11.5 Å². The third kappa shape index (κ3) is 6.62. The van der Waals surface area contributed by atoms with Gasteiger partial charge in [0, 0.05) is 42.5 Å². The van der Waals surface area contributed by atoms with Gasteiger partial charge in [0.05, 0.1) is 29.9 Å². The lowest BCUT2D eigenvalue weighted by Gasteiger charge is -2.32. The number of morpholine rings is 1. The molecule has 2 aliphatic rings. The Balaban J connectivity index is 1.21. The van der Waals surface area contributed by atoms with E-state index in [1.807, 2.05) is 6.07 Å². The van der Waals surface area contributed by atoms with Gasteiger partial charge >= 0.3 is 0 Å². The average Bonchev–Trinajstić information content (AvgIpc) is 2.92. The molecule has 1 aromatic heterocycles. The molecule has 2 aromatic carbocycles. The summed E-state index contributed by atoms with van der Waals surface area (Å²) in [4.78, 5) is 8.39. The molecule has 0 amide bonds. The molecular formula is C25H29ClFN5O5S. The van der Waals surface area contributed by atoms with Gasteiger partial charge in [-0.15, -0.1) is 0 Å². The molecule has 204 valence electrons. The maximum absolute atomic E-state index is 13.4. The number of hydrogen-bond acceptors (Lipinski definition) is 8. The Morgan fingerprint density at radius 2 is 1.89 bits per heavy atom. The van der Waals surface area contributed by atoms with Gasteiger partial charge < -0.3 is 19.5 Å². The highest BCUT2D eigenvalue weighted by molar-refractivity contribution is 7.87. The van der Waals surface area contributed by atoms with Gasteiger partial charge in [-0.25, -0.2) is 14.4 Å². The summed E-state index contributed by atoms with van der Waals surface area (Å²) in [6.07, 6.45) is 5.76. The van der Waals surface area contributed by atoms with Gasteiger partial charge in [0.15, 0.2) is 18.2 Å². The number of hydrogen-bond donors (Lipinski definition) is 2. The monoisotopic (exact) mass is 565 g/mol. The molecule has 5 rings (SSSR count). The van der Waals surface area contributed by atoms with Crippen LogP contribution in [-0.2, 0) is 14.9 Å². The van der Waals surface area contributed by atoms with Crippen LogP contribution in [0.25, 0.3) is 10.9 Å². The van der Waals surface area contributed by atoms with Crippen LogP contribution in [0, 0.1) is 5.82 Å². The summed E-state index contributed by atoms with van der Waals surface area (Å²) in [6, 6.07) is 7.82. The van der Waals surface area contributed by atoms with Crippen molar-refractivity contribution < 1.29 is 27.0 Å². The lowest BCUT2D eigenvalue weighted by molar-refractivity contribution is 0.0719. The number of rotatable bonds is 9. The van der Waals surface area contributed by atoms with E-state index in [9.17, 15) is 12.8 Å². The first-order chi connectivity index (χ1) is 18.4. The van der Waals surface area contributed by atoms with Crippen molar-refractivity contribution in [2.45, 2.75) is 37.8 Å². The van der Waals surface area contributed by atoms with Gasteiger partial charge in [-0.05, 0) is 49.9 Å². The summed E-state index contributed by atoms with van der Waals surface area (Å²) in [5, 5.41) is 3.88. The highest BCUT2D eigenvalue weighted by Gasteiger charge is 2.30. The maximum atomic E-state index is 13.4. The minimum atomic E-state index is -3.54. The van der Waals surface area contributed by atoms with E-state index in [0.29, 0.717) is 74.7 Å². The first-order valence-corrected chi connectivity index (χ1v) is 14.3. The Morgan fingerprint density at radius 1 is 1.11 bits per heavy atom. The normalized spacial score (nSPS) is 20.8. The number of fused-ring (bicyclic) bond motifs is 1. The number of benzene rings is 2. The van der Waals surface area contributed by atoms with Gasteiger partial charge in [0.25, 0.3) is 10.2 Å². The first-order valence-electron chi connectivity index (χ1n) is 12.4. The van der Waals surface area contributed by atoms with Gasteiger partial charge in [-0.3, -0.25) is 0 Å². The van der Waals surface area contributed by atoms with E-state index in [4.69, 9.17) is 25.8 Å². The Morgan fingerprint density at radius 3 is 2.66 bits per heavy atom. The fourth-order valence-electron chi connectivity index (χ4n) is 4.55. The van der Waals surface area contributed by atoms with E-state index < -0.39 is 16.0 Å². The number of nitrogens with one attached hydrogen (secondary N) is 2. The highest BCUT2D eigenvalue weighted by Crippen LogP contribution is 2.35. The summed E-state index contributed by atoms with van der Waals surface area (Å²) < 4.78 is 60.7. The molecule has 13 heteroatoms. The van der Waals surface area contributed by atoms with E-state index in [2.05, 4.69) is 20.0 Å². The SMILES string of the molecule is O=S(=O)(NC1CCC(Oc2cc3cncnc3cc2OCNc2ccc(F)c(Cl)c2)CC1)N1CCOCC1. The summed E-state index contributed by atoms with van der Waals surface area (Å²) in [5.41, 5.74) is 1.31. The van der Waals surface area contributed by atoms with Gasteiger partial charge in [-0.2, -0.15) is 17.4 Å². The van der Waals surface area contributed by atoms with E-state index >= 15 is 0 Å². The Labute approximate surface area is 225 Å². The first kappa shape index (κ1) is 26.8. The average molecular weight is 566 g/mol. The molecule has 0 atom stereocenters. The molecular weight excluding hydrogens is 537 g/mol. The maximum Gasteiger partial charge on any atom is 0.279 e. The highest BCUT2D eigenvalue weighted by atomic mass is 35.5. The van der Waals surface area contributed by atoms with E-state index in [-0.39, 0.29) is 23.9 Å². The smallest absolute Gasteiger partial charge is 0.279 e. The summed E-state index contributed by atoms with van der Waals surface area (Å²) >= 11 is 5.86. The molecule has 1 aliphatic carbocycles. The molecule has 0 bridgehead atoms. The molecule has 38 heavy (non-hydrogen) atoms. The fraction of sp³-hybridized carbons (Fsp3) is 0.440. The van der Waals surface area contributed by atoms with Crippen LogP contribution in [0.15, 0.2) is 42.9 Å². The van der Waals surface area contributed by atoms with Crippen LogP contribution >= 0.6 is 11.6 Å². The number of nitrogens with zero attached hydrogens (tertiary/aromatic N) is 3. The molecule has 1 saturated heterocycles. The van der Waals surface area contributed by atoms with Crippen molar-refractivity contribution in [2.75, 3.05) is 38.4 Å². The molecule has 3 aromatic rings. The van der Waals surface area contributed by atoms with Crippen molar-refractivity contribution in [3.63, 3.8) is 0 Å². The largest absolute Gasteiger partial charge is 0.487 e. The molecule has 0 radical (unpaired) electrons. The molecule has 2 fully saturated rings. The predicted octanol–water partition coefficient (Wildman–Crippen LogP) is 3.73. The third-order valence-electron chi connectivity index (χ3n) is 6.59.